The molecule has 0 spiro atoms. The van der Waals surface area contributed by atoms with Gasteiger partial charge >= 0.3 is 0 Å². The van der Waals surface area contributed by atoms with Crippen LogP contribution in [0.4, 0.5) is 5.69 Å². The van der Waals surface area contributed by atoms with Crippen molar-refractivity contribution >= 4 is 16.6 Å². The van der Waals surface area contributed by atoms with Crippen molar-refractivity contribution < 1.29 is 5.11 Å². The molecule has 2 aromatic rings. The molecule has 1 atom stereocenters. The molecule has 1 aromatic carbocycles. The van der Waals surface area contributed by atoms with Gasteiger partial charge in [-0.2, -0.15) is 0 Å². The maximum Gasteiger partial charge on any atom is 0.254 e. The normalized spacial score (nSPS) is 18.1. The third-order valence-electron chi connectivity index (χ3n) is 4.14. The van der Waals surface area contributed by atoms with Crippen LogP contribution in [0.1, 0.15) is 31.2 Å². The van der Waals surface area contributed by atoms with E-state index in [1.54, 1.807) is 11.6 Å². The molecule has 0 fully saturated rings. The van der Waals surface area contributed by atoms with Gasteiger partial charge in [-0.3, -0.25) is 4.79 Å². The number of rotatable bonds is 1. The fraction of sp³-hybridized carbons (Fsp3) is 0.400. The molecule has 0 bridgehead atoms. The van der Waals surface area contributed by atoms with Crippen molar-refractivity contribution in [2.75, 3.05) is 11.9 Å². The first-order valence-corrected chi connectivity index (χ1v) is 6.72. The number of aromatic nitrogens is 1. The largest absolute Gasteiger partial charge is 0.507 e. The van der Waals surface area contributed by atoms with Crippen molar-refractivity contribution in [2.24, 2.45) is 7.05 Å². The molecule has 0 amide bonds. The summed E-state index contributed by atoms with van der Waals surface area (Å²) in [5, 5.41) is 14.1. The van der Waals surface area contributed by atoms with Gasteiger partial charge < -0.3 is 15.0 Å². The maximum absolute atomic E-state index is 11.8. The average Bonchev–Trinajstić information content (AvgIpc) is 2.42. The van der Waals surface area contributed by atoms with E-state index in [0.29, 0.717) is 5.92 Å². The minimum absolute atomic E-state index is 0.0568. The summed E-state index contributed by atoms with van der Waals surface area (Å²) in [6, 6.07) is 5.28. The molecule has 0 aliphatic carbocycles. The average molecular weight is 258 g/mol. The van der Waals surface area contributed by atoms with Crippen molar-refractivity contribution in [1.29, 1.82) is 0 Å². The molecule has 0 radical (unpaired) electrons. The highest BCUT2D eigenvalue weighted by atomic mass is 16.3. The lowest BCUT2D eigenvalue weighted by Crippen LogP contribution is -2.19. The summed E-state index contributed by atoms with van der Waals surface area (Å²) in [6.07, 6.45) is 2.20. The van der Waals surface area contributed by atoms with Gasteiger partial charge in [-0.25, -0.2) is 0 Å². The number of nitrogens with one attached hydrogen (secondary N) is 1. The van der Waals surface area contributed by atoms with E-state index in [0.717, 1.165) is 36.0 Å². The monoisotopic (exact) mass is 258 g/mol. The standard InChI is InChI=1S/C15H18N2O2/c1-3-9-4-5-16-12-6-11-13(7-10(9)12)17(2)15(19)8-14(11)18/h6-9,16,18H,3-5H2,1-2H3. The third-order valence-corrected chi connectivity index (χ3v) is 4.14. The van der Waals surface area contributed by atoms with Crippen LogP contribution < -0.4 is 10.9 Å². The number of pyridine rings is 1. The molecule has 1 unspecified atom stereocenters. The van der Waals surface area contributed by atoms with Gasteiger partial charge in [0.05, 0.1) is 5.52 Å². The summed E-state index contributed by atoms with van der Waals surface area (Å²) in [7, 11) is 1.74. The van der Waals surface area contributed by atoms with Crippen LogP contribution in [0, 0.1) is 0 Å². The topological polar surface area (TPSA) is 54.3 Å². The minimum Gasteiger partial charge on any atom is -0.507 e. The zero-order valence-corrected chi connectivity index (χ0v) is 11.2. The van der Waals surface area contributed by atoms with E-state index >= 15 is 0 Å². The van der Waals surface area contributed by atoms with E-state index in [9.17, 15) is 9.90 Å². The highest BCUT2D eigenvalue weighted by molar-refractivity contribution is 5.90. The molecule has 2 heterocycles. The van der Waals surface area contributed by atoms with Gasteiger partial charge in [0.25, 0.3) is 5.56 Å². The summed E-state index contributed by atoms with van der Waals surface area (Å²) >= 11 is 0. The lowest BCUT2D eigenvalue weighted by Gasteiger charge is -2.26. The van der Waals surface area contributed by atoms with Gasteiger partial charge in [-0.1, -0.05) is 6.92 Å². The van der Waals surface area contributed by atoms with Crippen molar-refractivity contribution in [2.45, 2.75) is 25.7 Å². The van der Waals surface area contributed by atoms with Gasteiger partial charge in [-0.15, -0.1) is 0 Å². The molecule has 0 saturated carbocycles. The zero-order chi connectivity index (χ0) is 13.6. The summed E-state index contributed by atoms with van der Waals surface area (Å²) in [6.45, 7) is 3.15. The Hall–Kier alpha value is -1.97. The fourth-order valence-electron chi connectivity index (χ4n) is 2.95. The molecule has 3 rings (SSSR count). The van der Waals surface area contributed by atoms with Crippen molar-refractivity contribution in [3.8, 4) is 5.75 Å². The van der Waals surface area contributed by atoms with Crippen LogP contribution in [-0.4, -0.2) is 16.2 Å². The van der Waals surface area contributed by atoms with Crippen LogP contribution in [0.3, 0.4) is 0 Å². The SMILES string of the molecule is CCC1CCNc2cc3c(O)cc(=O)n(C)c3cc21. The van der Waals surface area contributed by atoms with Gasteiger partial charge in [0.1, 0.15) is 5.75 Å². The Morgan fingerprint density at radius 1 is 1.42 bits per heavy atom. The molecular formula is C15H18N2O2. The highest BCUT2D eigenvalue weighted by Gasteiger charge is 2.20. The van der Waals surface area contributed by atoms with E-state index in [1.807, 2.05) is 12.1 Å². The Kier molecular flexibility index (Phi) is 2.73. The molecule has 1 aromatic heterocycles. The van der Waals surface area contributed by atoms with Gasteiger partial charge in [0, 0.05) is 30.7 Å². The number of hydrogen-bond acceptors (Lipinski definition) is 3. The van der Waals surface area contributed by atoms with Gasteiger partial charge in [0.2, 0.25) is 0 Å². The van der Waals surface area contributed by atoms with Gasteiger partial charge in [0.15, 0.2) is 0 Å². The first-order valence-electron chi connectivity index (χ1n) is 6.72. The molecule has 1 aliphatic rings. The first kappa shape index (κ1) is 12.1. The van der Waals surface area contributed by atoms with E-state index in [4.69, 9.17) is 0 Å². The second-order valence-corrected chi connectivity index (χ2v) is 5.20. The fourth-order valence-corrected chi connectivity index (χ4v) is 2.95. The summed E-state index contributed by atoms with van der Waals surface area (Å²) in [5.41, 5.74) is 2.95. The molecular weight excluding hydrogens is 240 g/mol. The Morgan fingerprint density at radius 2 is 2.21 bits per heavy atom. The van der Waals surface area contributed by atoms with Crippen LogP contribution in [0.15, 0.2) is 23.0 Å². The zero-order valence-electron chi connectivity index (χ0n) is 11.2. The number of anilines is 1. The number of aryl methyl sites for hydroxylation is 1. The molecule has 2 N–H and O–H groups in total. The predicted octanol–water partition coefficient (Wildman–Crippen LogP) is 2.55. The van der Waals surface area contributed by atoms with Crippen molar-refractivity contribution in [3.05, 3.63) is 34.1 Å². The summed E-state index contributed by atoms with van der Waals surface area (Å²) in [5.74, 6) is 0.583. The van der Waals surface area contributed by atoms with E-state index in [2.05, 4.69) is 12.2 Å². The Bertz CT molecular complexity index is 703. The van der Waals surface area contributed by atoms with Crippen molar-refractivity contribution in [1.82, 2.24) is 4.57 Å². The van der Waals surface area contributed by atoms with E-state index in [-0.39, 0.29) is 11.3 Å². The van der Waals surface area contributed by atoms with Crippen LogP contribution in [0.5, 0.6) is 5.75 Å². The number of aromatic hydroxyl groups is 1. The van der Waals surface area contributed by atoms with Crippen LogP contribution in [0.2, 0.25) is 0 Å². The lowest BCUT2D eigenvalue weighted by atomic mass is 9.88. The van der Waals surface area contributed by atoms with E-state index < -0.39 is 0 Å². The number of fused-ring (bicyclic) bond motifs is 2. The summed E-state index contributed by atoms with van der Waals surface area (Å²) < 4.78 is 1.59. The Labute approximate surface area is 111 Å². The number of nitrogens with zero attached hydrogens (tertiary/aromatic N) is 1. The minimum atomic E-state index is -0.179. The van der Waals surface area contributed by atoms with Crippen LogP contribution >= 0.6 is 0 Å². The number of hydrogen-bond donors (Lipinski definition) is 2. The molecule has 4 heteroatoms. The lowest BCUT2D eigenvalue weighted by molar-refractivity contribution is 0.479. The maximum atomic E-state index is 11.8. The van der Waals surface area contributed by atoms with Crippen LogP contribution in [0.25, 0.3) is 10.9 Å². The predicted molar refractivity (Wildman–Crippen MR) is 77.0 cm³/mol. The molecule has 19 heavy (non-hydrogen) atoms. The van der Waals surface area contributed by atoms with Gasteiger partial charge in [-0.05, 0) is 36.5 Å². The number of benzene rings is 1. The molecule has 1 aliphatic heterocycles. The Morgan fingerprint density at radius 3 is 2.95 bits per heavy atom. The third kappa shape index (κ3) is 1.79. The highest BCUT2D eigenvalue weighted by Crippen LogP contribution is 2.37. The van der Waals surface area contributed by atoms with Crippen molar-refractivity contribution in [3.63, 3.8) is 0 Å². The molecule has 0 saturated heterocycles. The Balaban J connectivity index is 2.35. The quantitative estimate of drug-likeness (QED) is 0.826. The smallest absolute Gasteiger partial charge is 0.254 e. The molecule has 100 valence electrons. The summed E-state index contributed by atoms with van der Waals surface area (Å²) in [4.78, 5) is 11.8. The molecule has 4 nitrogen and oxygen atoms in total. The second-order valence-electron chi connectivity index (χ2n) is 5.20. The first-order chi connectivity index (χ1) is 9.11. The van der Waals surface area contributed by atoms with Crippen LogP contribution in [-0.2, 0) is 7.05 Å². The van der Waals surface area contributed by atoms with E-state index in [1.165, 1.54) is 11.6 Å². The second kappa shape index (κ2) is 4.30.